The van der Waals surface area contributed by atoms with Crippen LogP contribution in [0.4, 0.5) is 0 Å². The first-order valence-corrected chi connectivity index (χ1v) is 43.7. The van der Waals surface area contributed by atoms with Crippen molar-refractivity contribution < 1.29 is 196 Å². The van der Waals surface area contributed by atoms with E-state index in [2.05, 4.69) is 9.84 Å². The van der Waals surface area contributed by atoms with Crippen molar-refractivity contribution in [2.24, 2.45) is 17.3 Å². The Bertz CT molecular complexity index is 2590. The Morgan fingerprint density at radius 2 is 0.743 bits per heavy atom. The summed E-state index contributed by atoms with van der Waals surface area (Å²) < 4.78 is 171. The number of hydrogen-bond acceptors (Lipinski definition) is 41. The minimum absolute atomic E-state index is 0.0102. The average Bonchev–Trinajstić information content (AvgIpc) is 1.73. The minimum Gasteiger partial charge on any atom is -0.756 e. The molecule has 47 heteroatoms. The molecule has 648 valence electrons. The van der Waals surface area contributed by atoms with Gasteiger partial charge in [-0.15, -0.1) is 0 Å². The van der Waals surface area contributed by atoms with Crippen molar-refractivity contribution in [3.63, 3.8) is 0 Å². The zero-order valence-electron chi connectivity index (χ0n) is 62.7. The van der Waals surface area contributed by atoms with E-state index in [1.807, 2.05) is 0 Å². The molecule has 23 atom stereocenters. The summed E-state index contributed by atoms with van der Waals surface area (Å²) in [6.07, 6.45) is -11.6. The number of nitrogens with one attached hydrogen (secondary N) is 1. The Kier molecular flexibility index (Phi) is 51.0. The van der Waals surface area contributed by atoms with Gasteiger partial charge in [0.1, 0.15) is 54.9 Å². The van der Waals surface area contributed by atoms with Gasteiger partial charge in [0, 0.05) is 79.0 Å². The van der Waals surface area contributed by atoms with Gasteiger partial charge in [-0.1, -0.05) is 52.4 Å². The van der Waals surface area contributed by atoms with Gasteiger partial charge >= 0.3 is 0 Å². The number of unbranched alkanes of at least 4 members (excludes halogenated alkanes) is 9. The summed E-state index contributed by atoms with van der Waals surface area (Å²) in [5.41, 5.74) is -1.65. The van der Waals surface area contributed by atoms with Crippen molar-refractivity contribution in [3.8, 4) is 0 Å². The van der Waals surface area contributed by atoms with Crippen molar-refractivity contribution in [3.05, 3.63) is 0 Å². The largest absolute Gasteiger partial charge is 0.756 e. The highest BCUT2D eigenvalue weighted by atomic mass is 31.2. The predicted octanol–water partition coefficient (Wildman–Crippen LogP) is -1.69. The van der Waals surface area contributed by atoms with Crippen LogP contribution >= 0.6 is 39.1 Å². The number of ether oxygens (including phenoxy) is 10. The number of carbonyl (C=O) groups excluding carboxylic acids is 1. The van der Waals surface area contributed by atoms with Crippen LogP contribution in [0.5, 0.6) is 0 Å². The number of carbonyl (C=O) groups is 1. The van der Waals surface area contributed by atoms with Gasteiger partial charge in [0.05, 0.1) is 122 Å². The van der Waals surface area contributed by atoms with E-state index >= 15 is 0 Å². The second-order valence-electron chi connectivity index (χ2n) is 26.5. The molecule has 0 aromatic carbocycles. The summed E-state index contributed by atoms with van der Waals surface area (Å²) >= 11 is 0. The second kappa shape index (κ2) is 54.3. The molecule has 1 amide bonds. The molecule has 4 saturated heterocycles. The lowest BCUT2D eigenvalue weighted by molar-refractivity contribution is -0.282. The quantitative estimate of drug-likeness (QED) is 0.0239. The number of hydrogen-bond donors (Lipinski definition) is 11. The first kappa shape index (κ1) is 102. The fourth-order valence-corrected chi connectivity index (χ4v) is 15.1. The van der Waals surface area contributed by atoms with Gasteiger partial charge in [-0.25, -0.2) is 0 Å². The molecule has 4 heterocycles. The smallest absolute Gasteiger partial charge is 0.267 e. The maximum Gasteiger partial charge on any atom is 0.267 e. The molecule has 0 spiro atoms. The van der Waals surface area contributed by atoms with E-state index in [9.17, 15) is 98.0 Å². The van der Waals surface area contributed by atoms with Crippen LogP contribution in [0.2, 0.25) is 0 Å². The van der Waals surface area contributed by atoms with Crippen molar-refractivity contribution >= 4 is 45.0 Å². The highest BCUT2D eigenvalue weighted by Gasteiger charge is 2.47. The fourth-order valence-electron chi connectivity index (χ4n) is 11.3. The van der Waals surface area contributed by atoms with Crippen LogP contribution in [-0.4, -0.2) is 301 Å². The van der Waals surface area contributed by atoms with Crippen LogP contribution < -0.4 is 29.8 Å². The van der Waals surface area contributed by atoms with Gasteiger partial charge in [-0.3, -0.25) is 27.6 Å². The van der Waals surface area contributed by atoms with Crippen LogP contribution in [0.15, 0.2) is 0 Å². The molecular formula is C62H119NO41P5-5. The second-order valence-corrected chi connectivity index (χ2v) is 33.6. The molecule has 11 N–H and O–H groups in total. The molecule has 0 radical (unpaired) electrons. The van der Waals surface area contributed by atoms with Crippen molar-refractivity contribution in [2.75, 3.05) is 146 Å². The molecule has 0 saturated carbocycles. The lowest BCUT2D eigenvalue weighted by Gasteiger charge is -2.42. The number of rotatable bonds is 61. The fraction of sp³-hybridized carbons (Fsp3) is 0.984. The summed E-state index contributed by atoms with van der Waals surface area (Å²) in [4.78, 5) is 75.6. The van der Waals surface area contributed by atoms with E-state index in [-0.39, 0.29) is 91.6 Å². The van der Waals surface area contributed by atoms with E-state index in [0.29, 0.717) is 70.6 Å². The van der Waals surface area contributed by atoms with Crippen LogP contribution in [0, 0.1) is 17.3 Å². The van der Waals surface area contributed by atoms with Crippen molar-refractivity contribution in [2.45, 2.75) is 229 Å². The third-order valence-corrected chi connectivity index (χ3v) is 22.3. The van der Waals surface area contributed by atoms with Crippen LogP contribution in [-0.2, 0) is 120 Å². The standard InChI is InChI=1S/C61H120NO40P5.CH4O/c1-42-33-46(102-103(73,74)83-5)50(98-42)37-96-107(81,82)97-41-61(38-84-21-18-30-93-104(75,76)90-27-15-9-6-12-24-87-58-43(2)52(67)54(69)47(34-63)99-58,39-85-22-19-31-94-105(77,78)91-28-16-10-7-13-25-88-59-44(3)53(68)55(70)48(35-64)100-59)40-86-23-20-32-95-106(79,80)92-29-17-11-8-14-26-89-60-51(62-45(4)66)57(72)56(71)49(36-65)101-60;1-2/h42-44,46-60,63-65,67-72H,6-41H2,1-5H3,(H,62,66)(H,73,74)(H,75,76)(H,77,78)(H,79,80)(H,81,82);2H,1H3/p-5/t42?,43?,44?,46?,47?,48?,49?,50-,51?,52-,53-,54+,55+,56+,57-,58-,59-,60-,61?;/m1./s1. The summed E-state index contributed by atoms with van der Waals surface area (Å²) in [5, 5.41) is 99.4. The summed E-state index contributed by atoms with van der Waals surface area (Å²) in [6.45, 7) is -0.858. The first-order valence-electron chi connectivity index (χ1n) is 36.4. The van der Waals surface area contributed by atoms with Crippen LogP contribution in [0.1, 0.15) is 130 Å². The molecule has 0 aliphatic carbocycles. The van der Waals surface area contributed by atoms with Crippen LogP contribution in [0.25, 0.3) is 0 Å². The van der Waals surface area contributed by atoms with E-state index in [0.717, 1.165) is 14.2 Å². The molecule has 4 aliphatic heterocycles. The number of amides is 1. The monoisotopic (exact) mass is 1690 g/mol. The minimum atomic E-state index is -5.39. The normalized spacial score (nSPS) is 30.8. The zero-order chi connectivity index (χ0) is 81.3. The zero-order valence-corrected chi connectivity index (χ0v) is 67.2. The maximum atomic E-state index is 13.5. The molecule has 4 aliphatic rings. The van der Waals surface area contributed by atoms with Gasteiger partial charge in [-0.05, 0) is 64.7 Å². The molecule has 0 aromatic rings. The molecule has 4 fully saturated rings. The molecular weight excluding hydrogens is 1570 g/mol. The summed E-state index contributed by atoms with van der Waals surface area (Å²) in [5.74, 6) is -1.65. The number of aliphatic hydroxyl groups excluding tert-OH is 10. The summed E-state index contributed by atoms with van der Waals surface area (Å²) in [7, 11) is -22.9. The summed E-state index contributed by atoms with van der Waals surface area (Å²) in [6, 6.07) is -1.12. The molecule has 0 aromatic heterocycles. The van der Waals surface area contributed by atoms with Gasteiger partial charge < -0.3 is 173 Å². The molecule has 0 bridgehead atoms. The Balaban J connectivity index is 0.0000153. The molecule has 42 nitrogen and oxygen atoms in total. The predicted molar refractivity (Wildman–Crippen MR) is 366 cm³/mol. The maximum absolute atomic E-state index is 13.5. The van der Waals surface area contributed by atoms with Gasteiger partial charge in [0.25, 0.3) is 39.1 Å². The molecule has 13 unspecified atom stereocenters. The number of phosphoric acid groups is 5. The SMILES string of the molecule is CO.COP(=O)([O-])OC1CC(C)O[C@@H]1COP(=O)([O-])OCC(COCCCOP(=O)([O-])OCCCCCCO[C@@H]1OC(CO)[C@H](O)[C@H](O)C1C)(COCCCOP(=O)([O-])OCCCCCCO[C@@H]1OC(CO)[C@H](O)[C@H](O)C1C)COCCCOP(=O)([O-])OCCCCCCO[C@@H]1OC(CO)[C@H](O)[C@H](O)C1NC(C)=O. The molecule has 109 heavy (non-hydrogen) atoms. The first-order chi connectivity index (χ1) is 51.6. The Morgan fingerprint density at radius 1 is 0.413 bits per heavy atom. The Hall–Kier alpha value is -0.780. The van der Waals surface area contributed by atoms with E-state index in [1.54, 1.807) is 20.8 Å². The third-order valence-electron chi connectivity index (χ3n) is 17.4. The van der Waals surface area contributed by atoms with E-state index in [1.165, 1.54) is 6.92 Å². The van der Waals surface area contributed by atoms with E-state index in [4.69, 9.17) is 93.2 Å². The van der Waals surface area contributed by atoms with Gasteiger partial charge in [0.2, 0.25) is 5.91 Å². The van der Waals surface area contributed by atoms with Gasteiger partial charge in [-0.2, -0.15) is 0 Å². The van der Waals surface area contributed by atoms with Crippen molar-refractivity contribution in [1.82, 2.24) is 5.32 Å². The Morgan fingerprint density at radius 3 is 1.10 bits per heavy atom. The van der Waals surface area contributed by atoms with Crippen LogP contribution in [0.3, 0.4) is 0 Å². The number of phosphoric ester groups is 5. The lowest BCUT2D eigenvalue weighted by atomic mass is 9.92. The topological polar surface area (TPSA) is 617 Å². The number of aliphatic hydroxyl groups is 10. The lowest BCUT2D eigenvalue weighted by Crippen LogP contribution is -2.64. The average molecular weight is 1690 g/mol. The Labute approximate surface area is 636 Å². The van der Waals surface area contributed by atoms with E-state index < -0.39 is 233 Å². The van der Waals surface area contributed by atoms with Gasteiger partial charge in [0.15, 0.2) is 18.9 Å². The molecule has 4 rings (SSSR count). The van der Waals surface area contributed by atoms with Crippen molar-refractivity contribution in [1.29, 1.82) is 0 Å². The highest BCUT2D eigenvalue weighted by molar-refractivity contribution is 7.46. The third kappa shape index (κ3) is 40.5. The highest BCUT2D eigenvalue weighted by Crippen LogP contribution is 2.46.